The van der Waals surface area contributed by atoms with Crippen molar-refractivity contribution in [2.75, 3.05) is 0 Å². The Kier molecular flexibility index (Phi) is 2.31. The molecule has 0 N–H and O–H groups in total. The summed E-state index contributed by atoms with van der Waals surface area (Å²) >= 11 is 0. The van der Waals surface area contributed by atoms with Gasteiger partial charge in [0.15, 0.2) is 6.29 Å². The molecular formula is C8H6F2O. The zero-order valence-corrected chi connectivity index (χ0v) is 5.63. The number of benzene rings is 1. The quantitative estimate of drug-likeness (QED) is 0.578. The third kappa shape index (κ3) is 2.45. The molecule has 0 radical (unpaired) electrons. The van der Waals surface area contributed by atoms with Gasteiger partial charge >= 0.3 is 0 Å². The minimum Gasteiger partial charge on any atom is -0.297 e. The number of aldehydes is 1. The second kappa shape index (κ2) is 3.23. The van der Waals surface area contributed by atoms with Crippen LogP contribution in [0.5, 0.6) is 0 Å². The molecule has 0 aromatic rings. The van der Waals surface area contributed by atoms with Gasteiger partial charge in [-0.3, -0.25) is 4.79 Å². The summed E-state index contributed by atoms with van der Waals surface area (Å²) in [6.07, 6.45) is -3.21. The molecule has 0 saturated heterocycles. The van der Waals surface area contributed by atoms with Crippen molar-refractivity contribution in [3.05, 3.63) is 24.3 Å². The lowest BCUT2D eigenvalue weighted by atomic mass is 10.6. The summed E-state index contributed by atoms with van der Waals surface area (Å²) in [5.74, 6) is 0. The predicted molar refractivity (Wildman–Crippen MR) is 37.5 cm³/mol. The van der Waals surface area contributed by atoms with Gasteiger partial charge in [0.1, 0.15) is 0 Å². The van der Waals surface area contributed by atoms with Crippen molar-refractivity contribution in [1.82, 2.24) is 0 Å². The van der Waals surface area contributed by atoms with Crippen LogP contribution in [0, 0.1) is 0 Å². The Balaban J connectivity index is 0.000000114. The highest BCUT2D eigenvalue weighted by atomic mass is 19.3. The largest absolute Gasteiger partial charge is 0.297 e. The molecule has 0 amide bonds. The maximum atomic E-state index is 10.4. The third-order valence-electron chi connectivity index (χ3n) is 1.22. The van der Waals surface area contributed by atoms with Gasteiger partial charge in [-0.05, 0) is 17.2 Å². The summed E-state index contributed by atoms with van der Waals surface area (Å²) in [4.78, 5) is 8.75. The Morgan fingerprint density at radius 2 is 1.73 bits per heavy atom. The van der Waals surface area contributed by atoms with Gasteiger partial charge in [0, 0.05) is 0 Å². The molecule has 0 heterocycles. The minimum atomic E-state index is -2.80. The first-order chi connectivity index (χ1) is 5.24. The first-order valence-corrected chi connectivity index (χ1v) is 3.08. The van der Waals surface area contributed by atoms with Gasteiger partial charge in [-0.25, -0.2) is 8.78 Å². The van der Waals surface area contributed by atoms with Crippen LogP contribution in [0.15, 0.2) is 24.3 Å². The van der Waals surface area contributed by atoms with E-state index in [-0.39, 0.29) is 0 Å². The maximum Gasteiger partial charge on any atom is 0.293 e. The van der Waals surface area contributed by atoms with Crippen LogP contribution in [0.25, 0.3) is 11.1 Å². The summed E-state index contributed by atoms with van der Waals surface area (Å²) in [6, 6.07) is 8.48. The van der Waals surface area contributed by atoms with E-state index in [4.69, 9.17) is 4.79 Å². The lowest BCUT2D eigenvalue weighted by molar-refractivity contribution is -0.116. The van der Waals surface area contributed by atoms with E-state index in [2.05, 4.69) is 24.3 Å². The van der Waals surface area contributed by atoms with Gasteiger partial charge < -0.3 is 0 Å². The molecule has 0 bridgehead atoms. The first kappa shape index (κ1) is 7.85. The molecule has 3 heteroatoms. The zero-order chi connectivity index (χ0) is 8.27. The molecule has 0 atom stereocenters. The van der Waals surface area contributed by atoms with Crippen molar-refractivity contribution in [3.63, 3.8) is 0 Å². The third-order valence-corrected chi connectivity index (χ3v) is 1.22. The first-order valence-electron chi connectivity index (χ1n) is 3.08. The van der Waals surface area contributed by atoms with E-state index in [1.807, 2.05) is 0 Å². The lowest BCUT2D eigenvalue weighted by Gasteiger charge is -1.70. The van der Waals surface area contributed by atoms with E-state index >= 15 is 0 Å². The fraction of sp³-hybridized carbons (Fsp3) is 0.125. The van der Waals surface area contributed by atoms with Gasteiger partial charge in [0.25, 0.3) is 6.43 Å². The van der Waals surface area contributed by atoms with Crippen molar-refractivity contribution in [2.24, 2.45) is 0 Å². The summed E-state index contributed by atoms with van der Waals surface area (Å²) < 4.78 is 20.8. The van der Waals surface area contributed by atoms with Crippen LogP contribution in [0.2, 0.25) is 0 Å². The highest BCUT2D eigenvalue weighted by Crippen LogP contribution is 2.32. The van der Waals surface area contributed by atoms with Crippen molar-refractivity contribution >= 4 is 6.29 Å². The van der Waals surface area contributed by atoms with E-state index in [0.717, 1.165) is 0 Å². The second-order valence-electron chi connectivity index (χ2n) is 2.05. The zero-order valence-electron chi connectivity index (χ0n) is 5.63. The van der Waals surface area contributed by atoms with E-state index in [1.165, 1.54) is 11.1 Å². The monoisotopic (exact) mass is 156 g/mol. The molecule has 0 spiro atoms. The summed E-state index contributed by atoms with van der Waals surface area (Å²) in [7, 11) is 0. The molecule has 2 rings (SSSR count). The molecule has 11 heavy (non-hydrogen) atoms. The van der Waals surface area contributed by atoms with Crippen LogP contribution >= 0.6 is 0 Å². The number of alkyl halides is 2. The van der Waals surface area contributed by atoms with E-state index in [9.17, 15) is 8.78 Å². The average molecular weight is 156 g/mol. The normalized spacial score (nSPS) is 10.1. The standard InChI is InChI=1S/C6H4.C2H2F2O/c1-2-5-4-6(5)3-1;3-2(4)1-5/h1-4H;1-2H. The smallest absolute Gasteiger partial charge is 0.293 e. The molecule has 58 valence electrons. The number of carbonyl (C=O) groups excluding carboxylic acids is 1. The number of rotatable bonds is 1. The Morgan fingerprint density at radius 1 is 1.27 bits per heavy atom. The number of fused-ring (bicyclic) bond motifs is 1. The van der Waals surface area contributed by atoms with Crippen LogP contribution in [0.3, 0.4) is 0 Å². The Morgan fingerprint density at radius 3 is 1.82 bits per heavy atom. The fourth-order valence-electron chi connectivity index (χ4n) is 0.676. The van der Waals surface area contributed by atoms with Crippen molar-refractivity contribution in [2.45, 2.75) is 6.43 Å². The SMILES string of the molecule is O=CC(F)F.c1cc2cc-2c1. The average Bonchev–Trinajstić information content (AvgIpc) is 2.61. The topological polar surface area (TPSA) is 17.1 Å². The summed E-state index contributed by atoms with van der Waals surface area (Å²) in [5, 5.41) is 0. The van der Waals surface area contributed by atoms with E-state index in [1.54, 1.807) is 0 Å². The molecule has 2 aliphatic carbocycles. The molecule has 0 aliphatic heterocycles. The molecule has 1 nitrogen and oxygen atoms in total. The van der Waals surface area contributed by atoms with Crippen molar-refractivity contribution < 1.29 is 13.6 Å². The highest BCUT2D eigenvalue weighted by Gasteiger charge is 2.06. The van der Waals surface area contributed by atoms with Crippen LogP contribution in [-0.2, 0) is 4.79 Å². The fourth-order valence-corrected chi connectivity index (χ4v) is 0.676. The molecule has 0 fully saturated rings. The lowest BCUT2D eigenvalue weighted by Crippen LogP contribution is -1.86. The van der Waals surface area contributed by atoms with Gasteiger partial charge in [-0.1, -0.05) is 18.2 Å². The van der Waals surface area contributed by atoms with Crippen LogP contribution in [0.1, 0.15) is 0 Å². The van der Waals surface area contributed by atoms with Gasteiger partial charge in [-0.2, -0.15) is 0 Å². The highest BCUT2D eigenvalue weighted by molar-refractivity contribution is 5.80. The summed E-state index contributed by atoms with van der Waals surface area (Å²) in [5.41, 5.74) is 2.85. The second-order valence-corrected chi connectivity index (χ2v) is 2.05. The number of hydrogen-bond donors (Lipinski definition) is 0. The number of carbonyl (C=O) groups is 1. The number of hydrogen-bond acceptors (Lipinski definition) is 1. The van der Waals surface area contributed by atoms with Gasteiger partial charge in [0.2, 0.25) is 0 Å². The van der Waals surface area contributed by atoms with E-state index < -0.39 is 12.7 Å². The number of halogens is 2. The van der Waals surface area contributed by atoms with Crippen LogP contribution < -0.4 is 0 Å². The molecular weight excluding hydrogens is 150 g/mol. The molecule has 2 aliphatic rings. The van der Waals surface area contributed by atoms with Crippen LogP contribution in [-0.4, -0.2) is 12.7 Å². The molecule has 0 saturated carbocycles. The predicted octanol–water partition coefficient (Wildman–Crippen LogP) is 2.12. The Labute approximate surface area is 62.7 Å². The Hall–Kier alpha value is -1.25. The van der Waals surface area contributed by atoms with Gasteiger partial charge in [0.05, 0.1) is 0 Å². The molecule has 0 unspecified atom stereocenters. The van der Waals surface area contributed by atoms with Crippen molar-refractivity contribution in [1.29, 1.82) is 0 Å². The van der Waals surface area contributed by atoms with Crippen molar-refractivity contribution in [3.8, 4) is 11.1 Å². The Bertz CT molecular complexity index is 241. The molecule has 0 aromatic heterocycles. The maximum absolute atomic E-state index is 10.4. The molecule has 0 aromatic carbocycles. The van der Waals surface area contributed by atoms with Gasteiger partial charge in [-0.15, -0.1) is 0 Å². The summed E-state index contributed by atoms with van der Waals surface area (Å²) in [6.45, 7) is 0. The van der Waals surface area contributed by atoms with E-state index in [0.29, 0.717) is 0 Å². The minimum absolute atomic E-state index is 0.417. The van der Waals surface area contributed by atoms with Crippen LogP contribution in [0.4, 0.5) is 8.78 Å².